The lowest BCUT2D eigenvalue weighted by Crippen LogP contribution is -2.43. The highest BCUT2D eigenvalue weighted by Gasteiger charge is 2.20. The summed E-state index contributed by atoms with van der Waals surface area (Å²) in [6.45, 7) is 4.57. The fourth-order valence-electron chi connectivity index (χ4n) is 2.96. The first-order valence-corrected chi connectivity index (χ1v) is 10.5. The first-order valence-electron chi connectivity index (χ1n) is 9.87. The van der Waals surface area contributed by atoms with E-state index in [4.69, 9.17) is 9.47 Å². The molecule has 162 valence electrons. The molecule has 2 rings (SSSR count). The SMILES string of the molecule is CC(=O)N[C@@H](CS)C(=O)OCN(C)CCOC(c1ccccc1)c1ccccc1C. The normalized spacial score (nSPS) is 13.0. The van der Waals surface area contributed by atoms with Crippen molar-refractivity contribution in [3.05, 3.63) is 71.3 Å². The molecule has 2 aromatic rings. The number of esters is 1. The van der Waals surface area contributed by atoms with Gasteiger partial charge in [0.15, 0.2) is 0 Å². The fourth-order valence-corrected chi connectivity index (χ4v) is 3.20. The van der Waals surface area contributed by atoms with E-state index >= 15 is 0 Å². The standard InChI is InChI=1S/C23H30N2O4S/c1-17-9-7-8-12-20(17)22(19-10-5-4-6-11-19)28-14-13-25(3)16-29-23(27)21(15-30)24-18(2)26/h4-12,21-22,30H,13-16H2,1-3H3,(H,24,26)/t21-,22?/m0/s1. The summed E-state index contributed by atoms with van der Waals surface area (Å²) >= 11 is 4.08. The Bertz CT molecular complexity index is 816. The fraction of sp³-hybridized carbons (Fsp3) is 0.391. The average Bonchev–Trinajstić information content (AvgIpc) is 2.74. The monoisotopic (exact) mass is 430 g/mol. The molecular formula is C23H30N2O4S. The molecule has 30 heavy (non-hydrogen) atoms. The van der Waals surface area contributed by atoms with E-state index in [-0.39, 0.29) is 24.5 Å². The molecular weight excluding hydrogens is 400 g/mol. The molecule has 0 aliphatic rings. The number of hydrogen-bond donors (Lipinski definition) is 2. The molecule has 0 saturated carbocycles. The zero-order valence-electron chi connectivity index (χ0n) is 17.7. The predicted molar refractivity (Wildman–Crippen MR) is 120 cm³/mol. The van der Waals surface area contributed by atoms with Crippen molar-refractivity contribution >= 4 is 24.5 Å². The molecule has 0 saturated heterocycles. The molecule has 2 aromatic carbocycles. The van der Waals surface area contributed by atoms with Crippen LogP contribution >= 0.6 is 12.6 Å². The first-order chi connectivity index (χ1) is 14.4. The number of thiol groups is 1. The summed E-state index contributed by atoms with van der Waals surface area (Å²) in [5.74, 6) is -0.619. The van der Waals surface area contributed by atoms with Crippen LogP contribution < -0.4 is 5.32 Å². The molecule has 1 amide bonds. The van der Waals surface area contributed by atoms with Crippen LogP contribution in [0.25, 0.3) is 0 Å². The first kappa shape index (κ1) is 23.9. The van der Waals surface area contributed by atoms with Gasteiger partial charge in [0.2, 0.25) is 5.91 Å². The van der Waals surface area contributed by atoms with Crippen LogP contribution in [0.5, 0.6) is 0 Å². The molecule has 0 aliphatic carbocycles. The van der Waals surface area contributed by atoms with Gasteiger partial charge < -0.3 is 14.8 Å². The Morgan fingerprint density at radius 2 is 1.77 bits per heavy atom. The number of nitrogens with zero attached hydrogens (tertiary/aromatic N) is 1. The van der Waals surface area contributed by atoms with E-state index in [2.05, 4.69) is 49.1 Å². The Morgan fingerprint density at radius 3 is 2.40 bits per heavy atom. The Balaban J connectivity index is 1.90. The molecule has 7 heteroatoms. The van der Waals surface area contributed by atoms with Crippen molar-refractivity contribution in [1.29, 1.82) is 0 Å². The summed E-state index contributed by atoms with van der Waals surface area (Å²) in [6, 6.07) is 17.5. The van der Waals surface area contributed by atoms with Crippen molar-refractivity contribution in [3.8, 4) is 0 Å². The van der Waals surface area contributed by atoms with Crippen LogP contribution in [-0.4, -0.2) is 55.5 Å². The average molecular weight is 431 g/mol. The summed E-state index contributed by atoms with van der Waals surface area (Å²) in [5, 5.41) is 2.52. The predicted octanol–water partition coefficient (Wildman–Crippen LogP) is 2.97. The number of hydrogen-bond acceptors (Lipinski definition) is 6. The summed E-state index contributed by atoms with van der Waals surface area (Å²) in [6.07, 6.45) is -0.170. The van der Waals surface area contributed by atoms with Gasteiger partial charge in [-0.1, -0.05) is 54.6 Å². The van der Waals surface area contributed by atoms with E-state index in [1.54, 1.807) is 0 Å². The van der Waals surface area contributed by atoms with Gasteiger partial charge in [0, 0.05) is 19.2 Å². The van der Waals surface area contributed by atoms with E-state index in [1.165, 1.54) is 12.5 Å². The molecule has 6 nitrogen and oxygen atoms in total. The van der Waals surface area contributed by atoms with Gasteiger partial charge in [-0.05, 0) is 30.7 Å². The number of amides is 1. The Hall–Kier alpha value is -2.35. The van der Waals surface area contributed by atoms with Gasteiger partial charge in [0.25, 0.3) is 0 Å². The van der Waals surface area contributed by atoms with Crippen LogP contribution in [0, 0.1) is 6.92 Å². The Labute approximate surface area is 184 Å². The van der Waals surface area contributed by atoms with Crippen molar-refractivity contribution in [3.63, 3.8) is 0 Å². The molecule has 0 fully saturated rings. The molecule has 0 spiro atoms. The van der Waals surface area contributed by atoms with Crippen LogP contribution in [0.1, 0.15) is 29.7 Å². The van der Waals surface area contributed by atoms with Crippen molar-refractivity contribution in [2.24, 2.45) is 0 Å². The minimum atomic E-state index is -0.751. The van der Waals surface area contributed by atoms with Crippen LogP contribution in [0.4, 0.5) is 0 Å². The maximum Gasteiger partial charge on any atom is 0.330 e. The minimum absolute atomic E-state index is 0.104. The van der Waals surface area contributed by atoms with Gasteiger partial charge in [0.1, 0.15) is 18.9 Å². The molecule has 0 heterocycles. The highest BCUT2D eigenvalue weighted by Crippen LogP contribution is 2.28. The number of carbonyl (C=O) groups is 2. The lowest BCUT2D eigenvalue weighted by atomic mass is 9.97. The van der Waals surface area contributed by atoms with Gasteiger partial charge in [0.05, 0.1) is 6.61 Å². The second-order valence-corrected chi connectivity index (χ2v) is 7.49. The summed E-state index contributed by atoms with van der Waals surface area (Å²) in [5.41, 5.74) is 3.39. The summed E-state index contributed by atoms with van der Waals surface area (Å²) in [7, 11) is 1.84. The van der Waals surface area contributed by atoms with E-state index in [1.807, 2.05) is 42.3 Å². The number of rotatable bonds is 11. The van der Waals surface area contributed by atoms with Gasteiger partial charge in [-0.25, -0.2) is 4.79 Å². The van der Waals surface area contributed by atoms with Crippen LogP contribution in [0.2, 0.25) is 0 Å². The zero-order chi connectivity index (χ0) is 21.9. The molecule has 1 unspecified atom stereocenters. The number of benzene rings is 2. The quantitative estimate of drug-likeness (QED) is 0.326. The van der Waals surface area contributed by atoms with E-state index < -0.39 is 12.0 Å². The Morgan fingerprint density at radius 1 is 1.10 bits per heavy atom. The third-order valence-electron chi connectivity index (χ3n) is 4.60. The molecule has 2 atom stereocenters. The lowest BCUT2D eigenvalue weighted by Gasteiger charge is -2.23. The smallest absolute Gasteiger partial charge is 0.330 e. The highest BCUT2D eigenvalue weighted by atomic mass is 32.1. The number of likely N-dealkylation sites (N-methyl/N-ethyl adjacent to an activating group) is 1. The third-order valence-corrected chi connectivity index (χ3v) is 4.97. The third kappa shape index (κ3) is 7.48. The topological polar surface area (TPSA) is 67.9 Å². The van der Waals surface area contributed by atoms with Gasteiger partial charge >= 0.3 is 5.97 Å². The zero-order valence-corrected chi connectivity index (χ0v) is 18.6. The van der Waals surface area contributed by atoms with Gasteiger partial charge in [-0.15, -0.1) is 0 Å². The van der Waals surface area contributed by atoms with Crippen molar-refractivity contribution in [2.45, 2.75) is 26.0 Å². The largest absolute Gasteiger partial charge is 0.448 e. The maximum absolute atomic E-state index is 12.1. The van der Waals surface area contributed by atoms with E-state index in [0.717, 1.165) is 11.1 Å². The summed E-state index contributed by atoms with van der Waals surface area (Å²) < 4.78 is 11.5. The summed E-state index contributed by atoms with van der Waals surface area (Å²) in [4.78, 5) is 25.0. The van der Waals surface area contributed by atoms with Crippen LogP contribution in [0.3, 0.4) is 0 Å². The van der Waals surface area contributed by atoms with Crippen LogP contribution in [0.15, 0.2) is 54.6 Å². The van der Waals surface area contributed by atoms with Gasteiger partial charge in [-0.2, -0.15) is 12.6 Å². The van der Waals surface area contributed by atoms with E-state index in [9.17, 15) is 9.59 Å². The Kier molecular flexibility index (Phi) is 9.86. The molecule has 1 N–H and O–H groups in total. The minimum Gasteiger partial charge on any atom is -0.448 e. The maximum atomic E-state index is 12.1. The molecule has 0 radical (unpaired) electrons. The highest BCUT2D eigenvalue weighted by molar-refractivity contribution is 7.80. The van der Waals surface area contributed by atoms with Crippen LogP contribution in [-0.2, 0) is 19.1 Å². The second kappa shape index (κ2) is 12.4. The number of ether oxygens (including phenoxy) is 2. The second-order valence-electron chi connectivity index (χ2n) is 7.13. The molecule has 0 aromatic heterocycles. The van der Waals surface area contributed by atoms with Crippen molar-refractivity contribution < 1.29 is 19.1 Å². The van der Waals surface area contributed by atoms with Crippen molar-refractivity contribution in [1.82, 2.24) is 10.2 Å². The number of carbonyl (C=O) groups excluding carboxylic acids is 2. The van der Waals surface area contributed by atoms with E-state index in [0.29, 0.717) is 13.2 Å². The lowest BCUT2D eigenvalue weighted by molar-refractivity contribution is -0.151. The van der Waals surface area contributed by atoms with Gasteiger partial charge in [-0.3, -0.25) is 9.69 Å². The number of aryl methyl sites for hydroxylation is 1. The molecule has 0 bridgehead atoms. The number of nitrogens with one attached hydrogen (secondary N) is 1. The molecule has 0 aliphatic heterocycles. The van der Waals surface area contributed by atoms with Crippen molar-refractivity contribution in [2.75, 3.05) is 32.7 Å².